The molecule has 1 aliphatic rings. The highest BCUT2D eigenvalue weighted by molar-refractivity contribution is 5.79. The minimum Gasteiger partial charge on any atom is -0.423 e. The SMILES string of the molecule is CC(C)C(C)NC(=O)C1CCN(c2nc3ccccc3o2)CC1. The molecule has 1 N–H and O–H groups in total. The average molecular weight is 315 g/mol. The van der Waals surface area contributed by atoms with E-state index in [1.54, 1.807) is 0 Å². The number of carbonyl (C=O) groups is 1. The van der Waals surface area contributed by atoms with Gasteiger partial charge < -0.3 is 14.6 Å². The molecule has 3 rings (SSSR count). The third kappa shape index (κ3) is 3.49. The highest BCUT2D eigenvalue weighted by Gasteiger charge is 2.28. The van der Waals surface area contributed by atoms with Crippen LogP contribution in [-0.4, -0.2) is 30.0 Å². The van der Waals surface area contributed by atoms with Crippen molar-refractivity contribution in [2.45, 2.75) is 39.7 Å². The number of aromatic nitrogens is 1. The fraction of sp³-hybridized carbons (Fsp3) is 0.556. The molecule has 1 aliphatic heterocycles. The molecule has 2 aromatic rings. The van der Waals surface area contributed by atoms with Gasteiger partial charge in [0, 0.05) is 25.0 Å². The van der Waals surface area contributed by atoms with Crippen molar-refractivity contribution in [3.8, 4) is 0 Å². The number of para-hydroxylation sites is 2. The van der Waals surface area contributed by atoms with Gasteiger partial charge in [0.2, 0.25) is 5.91 Å². The van der Waals surface area contributed by atoms with Gasteiger partial charge in [-0.05, 0) is 37.8 Å². The topological polar surface area (TPSA) is 58.4 Å². The number of amides is 1. The number of nitrogens with zero attached hydrogens (tertiary/aromatic N) is 2. The highest BCUT2D eigenvalue weighted by Crippen LogP contribution is 2.26. The van der Waals surface area contributed by atoms with Crippen molar-refractivity contribution in [2.24, 2.45) is 11.8 Å². The predicted molar refractivity (Wildman–Crippen MR) is 91.4 cm³/mol. The third-order valence-corrected chi connectivity index (χ3v) is 4.79. The van der Waals surface area contributed by atoms with Crippen LogP contribution in [0.25, 0.3) is 11.1 Å². The first-order valence-electron chi connectivity index (χ1n) is 8.45. The number of oxazole rings is 1. The summed E-state index contributed by atoms with van der Waals surface area (Å²) in [6.07, 6.45) is 1.69. The van der Waals surface area contributed by atoms with Gasteiger partial charge in [-0.15, -0.1) is 0 Å². The van der Waals surface area contributed by atoms with E-state index in [0.29, 0.717) is 11.9 Å². The molecule has 0 aliphatic carbocycles. The summed E-state index contributed by atoms with van der Waals surface area (Å²) in [6, 6.07) is 8.68. The van der Waals surface area contributed by atoms with Gasteiger partial charge in [0.05, 0.1) is 0 Å². The number of anilines is 1. The number of hydrogen-bond donors (Lipinski definition) is 1. The first-order chi connectivity index (χ1) is 11.0. The Balaban J connectivity index is 1.58. The quantitative estimate of drug-likeness (QED) is 0.941. The molecule has 1 aromatic carbocycles. The van der Waals surface area contributed by atoms with E-state index in [9.17, 15) is 4.79 Å². The summed E-state index contributed by atoms with van der Waals surface area (Å²) in [5.41, 5.74) is 1.70. The molecule has 1 unspecified atom stereocenters. The van der Waals surface area contributed by atoms with E-state index in [-0.39, 0.29) is 17.9 Å². The van der Waals surface area contributed by atoms with Gasteiger partial charge >= 0.3 is 0 Å². The molecule has 0 spiro atoms. The summed E-state index contributed by atoms with van der Waals surface area (Å²) in [5.74, 6) is 0.735. The molecular formula is C18H25N3O2. The molecule has 2 heterocycles. The molecule has 1 amide bonds. The molecule has 1 saturated heterocycles. The highest BCUT2D eigenvalue weighted by atomic mass is 16.4. The summed E-state index contributed by atoms with van der Waals surface area (Å²) < 4.78 is 5.81. The summed E-state index contributed by atoms with van der Waals surface area (Å²) in [7, 11) is 0. The number of carbonyl (C=O) groups excluding carboxylic acids is 1. The van der Waals surface area contributed by atoms with Crippen LogP contribution in [0, 0.1) is 11.8 Å². The number of hydrogen-bond acceptors (Lipinski definition) is 4. The van der Waals surface area contributed by atoms with Gasteiger partial charge in [0.15, 0.2) is 5.58 Å². The van der Waals surface area contributed by atoms with Gasteiger partial charge in [-0.3, -0.25) is 4.79 Å². The van der Waals surface area contributed by atoms with Gasteiger partial charge in [-0.25, -0.2) is 0 Å². The zero-order valence-electron chi connectivity index (χ0n) is 14.1. The van der Waals surface area contributed by atoms with Crippen LogP contribution in [0.2, 0.25) is 0 Å². The Morgan fingerprint density at radius 1 is 1.26 bits per heavy atom. The van der Waals surface area contributed by atoms with Crippen LogP contribution in [0.15, 0.2) is 28.7 Å². The summed E-state index contributed by atoms with van der Waals surface area (Å²) >= 11 is 0. The van der Waals surface area contributed by atoms with Crippen LogP contribution in [0.1, 0.15) is 33.6 Å². The van der Waals surface area contributed by atoms with Crippen LogP contribution in [-0.2, 0) is 4.79 Å². The standard InChI is InChI=1S/C18H25N3O2/c1-12(2)13(3)19-17(22)14-8-10-21(11-9-14)18-20-15-6-4-5-7-16(15)23-18/h4-7,12-14H,8-11H2,1-3H3,(H,19,22). The summed E-state index contributed by atoms with van der Waals surface area (Å²) in [4.78, 5) is 19.0. The van der Waals surface area contributed by atoms with Gasteiger partial charge in [-0.1, -0.05) is 26.0 Å². The van der Waals surface area contributed by atoms with E-state index in [1.807, 2.05) is 24.3 Å². The fourth-order valence-electron chi connectivity index (χ4n) is 2.84. The second kappa shape index (κ2) is 6.60. The Morgan fingerprint density at radius 3 is 2.61 bits per heavy atom. The molecule has 5 nitrogen and oxygen atoms in total. The van der Waals surface area contributed by atoms with Gasteiger partial charge in [-0.2, -0.15) is 4.98 Å². The lowest BCUT2D eigenvalue weighted by Gasteiger charge is -2.31. The third-order valence-electron chi connectivity index (χ3n) is 4.79. The van der Waals surface area contributed by atoms with Crippen molar-refractivity contribution in [1.82, 2.24) is 10.3 Å². The van der Waals surface area contributed by atoms with E-state index >= 15 is 0 Å². The van der Waals surface area contributed by atoms with Crippen molar-refractivity contribution in [3.63, 3.8) is 0 Å². The maximum absolute atomic E-state index is 12.3. The normalized spacial score (nSPS) is 17.7. The van der Waals surface area contributed by atoms with Gasteiger partial charge in [0.1, 0.15) is 5.52 Å². The molecular weight excluding hydrogens is 290 g/mol. The van der Waals surface area contributed by atoms with Crippen molar-refractivity contribution in [2.75, 3.05) is 18.0 Å². The first kappa shape index (κ1) is 15.8. The lowest BCUT2D eigenvalue weighted by Crippen LogP contribution is -2.44. The molecule has 0 bridgehead atoms. The van der Waals surface area contributed by atoms with Crippen LogP contribution >= 0.6 is 0 Å². The maximum Gasteiger partial charge on any atom is 0.298 e. The van der Waals surface area contributed by atoms with E-state index in [1.165, 1.54) is 0 Å². The molecule has 1 fully saturated rings. The minimum atomic E-state index is 0.0943. The Bertz CT molecular complexity index is 639. The number of piperidine rings is 1. The van der Waals surface area contributed by atoms with Crippen LogP contribution in [0.3, 0.4) is 0 Å². The molecule has 0 saturated carbocycles. The first-order valence-corrected chi connectivity index (χ1v) is 8.45. The predicted octanol–water partition coefficient (Wildman–Crippen LogP) is 3.20. The molecule has 5 heteroatoms. The second-order valence-corrected chi connectivity index (χ2v) is 6.77. The molecule has 1 aromatic heterocycles. The zero-order chi connectivity index (χ0) is 16.4. The Labute approximate surface area is 137 Å². The Kier molecular flexibility index (Phi) is 4.55. The average Bonchev–Trinajstić information content (AvgIpc) is 2.98. The zero-order valence-corrected chi connectivity index (χ0v) is 14.1. The van der Waals surface area contributed by atoms with Crippen molar-refractivity contribution >= 4 is 23.0 Å². The van der Waals surface area contributed by atoms with Crippen LogP contribution in [0.5, 0.6) is 0 Å². The van der Waals surface area contributed by atoms with E-state index in [0.717, 1.165) is 37.0 Å². The minimum absolute atomic E-state index is 0.0943. The molecule has 0 radical (unpaired) electrons. The van der Waals surface area contributed by atoms with Crippen LogP contribution in [0.4, 0.5) is 6.01 Å². The maximum atomic E-state index is 12.3. The largest absolute Gasteiger partial charge is 0.423 e. The van der Waals surface area contributed by atoms with E-state index in [2.05, 4.69) is 36.0 Å². The van der Waals surface area contributed by atoms with E-state index < -0.39 is 0 Å². The molecule has 124 valence electrons. The number of benzene rings is 1. The smallest absolute Gasteiger partial charge is 0.298 e. The Morgan fingerprint density at radius 2 is 1.96 bits per heavy atom. The molecule has 1 atom stereocenters. The lowest BCUT2D eigenvalue weighted by atomic mass is 9.95. The second-order valence-electron chi connectivity index (χ2n) is 6.77. The summed E-state index contributed by atoms with van der Waals surface area (Å²) in [5, 5.41) is 3.13. The van der Waals surface area contributed by atoms with Crippen molar-refractivity contribution in [3.05, 3.63) is 24.3 Å². The van der Waals surface area contributed by atoms with Crippen LogP contribution < -0.4 is 10.2 Å². The van der Waals surface area contributed by atoms with Crippen molar-refractivity contribution < 1.29 is 9.21 Å². The number of rotatable bonds is 4. The Hall–Kier alpha value is -2.04. The molecule has 23 heavy (non-hydrogen) atoms. The monoisotopic (exact) mass is 315 g/mol. The van der Waals surface area contributed by atoms with Crippen molar-refractivity contribution in [1.29, 1.82) is 0 Å². The summed E-state index contributed by atoms with van der Waals surface area (Å²) in [6.45, 7) is 7.93. The number of fused-ring (bicyclic) bond motifs is 1. The number of nitrogens with one attached hydrogen (secondary N) is 1. The van der Waals surface area contributed by atoms with E-state index in [4.69, 9.17) is 4.42 Å². The fourth-order valence-corrected chi connectivity index (χ4v) is 2.84. The lowest BCUT2D eigenvalue weighted by molar-refractivity contribution is -0.126. The van der Waals surface area contributed by atoms with Gasteiger partial charge in [0.25, 0.3) is 6.01 Å².